The lowest BCUT2D eigenvalue weighted by Gasteiger charge is -2.38. The summed E-state index contributed by atoms with van der Waals surface area (Å²) in [5.41, 5.74) is -0.385. The molecule has 0 radical (unpaired) electrons. The van der Waals surface area contributed by atoms with Crippen molar-refractivity contribution in [2.45, 2.75) is 33.6 Å². The van der Waals surface area contributed by atoms with Gasteiger partial charge in [0.15, 0.2) is 11.5 Å². The maximum absolute atomic E-state index is 12.6. The van der Waals surface area contributed by atoms with Crippen LogP contribution in [0.2, 0.25) is 0 Å². The zero-order valence-corrected chi connectivity index (χ0v) is 13.9. The number of aromatic nitrogens is 2. The highest BCUT2D eigenvalue weighted by molar-refractivity contribution is 5.85. The third kappa shape index (κ3) is 3.97. The van der Waals surface area contributed by atoms with Gasteiger partial charge in [0.05, 0.1) is 0 Å². The SMILES string of the molecule is CCCC(C)(C)C(=O)N1CCN(c2ccc(C(=O)O)nn2)CC1. The van der Waals surface area contributed by atoms with Crippen molar-refractivity contribution >= 4 is 17.7 Å². The van der Waals surface area contributed by atoms with Gasteiger partial charge in [0.25, 0.3) is 0 Å². The minimum absolute atomic E-state index is 0.0659. The Bertz CT molecular complexity index is 563. The van der Waals surface area contributed by atoms with Gasteiger partial charge < -0.3 is 14.9 Å². The van der Waals surface area contributed by atoms with E-state index in [4.69, 9.17) is 5.11 Å². The Balaban J connectivity index is 1.95. The van der Waals surface area contributed by atoms with Crippen molar-refractivity contribution in [1.82, 2.24) is 15.1 Å². The van der Waals surface area contributed by atoms with Crippen LogP contribution in [0, 0.1) is 5.41 Å². The molecule has 2 heterocycles. The summed E-state index contributed by atoms with van der Waals surface area (Å²) in [5, 5.41) is 16.5. The van der Waals surface area contributed by atoms with Crippen molar-refractivity contribution < 1.29 is 14.7 Å². The molecule has 1 aromatic heterocycles. The Labute approximate surface area is 136 Å². The Hall–Kier alpha value is -2.18. The summed E-state index contributed by atoms with van der Waals surface area (Å²) in [6.45, 7) is 8.74. The summed E-state index contributed by atoms with van der Waals surface area (Å²) in [7, 11) is 0. The van der Waals surface area contributed by atoms with Crippen LogP contribution in [0.1, 0.15) is 44.1 Å². The second kappa shape index (κ2) is 6.93. The van der Waals surface area contributed by atoms with Crippen LogP contribution >= 0.6 is 0 Å². The van der Waals surface area contributed by atoms with E-state index in [-0.39, 0.29) is 17.0 Å². The molecule has 0 unspecified atom stereocenters. The number of carbonyl (C=O) groups excluding carboxylic acids is 1. The molecular weight excluding hydrogens is 296 g/mol. The zero-order valence-electron chi connectivity index (χ0n) is 13.9. The van der Waals surface area contributed by atoms with E-state index in [1.54, 1.807) is 6.07 Å². The minimum atomic E-state index is -1.09. The summed E-state index contributed by atoms with van der Waals surface area (Å²) >= 11 is 0. The Morgan fingerprint density at radius 1 is 1.17 bits per heavy atom. The smallest absolute Gasteiger partial charge is 0.356 e. The Morgan fingerprint density at radius 2 is 1.83 bits per heavy atom. The highest BCUT2D eigenvalue weighted by atomic mass is 16.4. The molecule has 0 saturated carbocycles. The monoisotopic (exact) mass is 320 g/mol. The van der Waals surface area contributed by atoms with Crippen molar-refractivity contribution in [3.63, 3.8) is 0 Å². The minimum Gasteiger partial charge on any atom is -0.476 e. The maximum Gasteiger partial charge on any atom is 0.356 e. The van der Waals surface area contributed by atoms with E-state index in [9.17, 15) is 9.59 Å². The first-order chi connectivity index (χ1) is 10.8. The standard InChI is InChI=1S/C16H24N4O3/c1-4-7-16(2,3)15(23)20-10-8-19(9-11-20)13-6-5-12(14(21)22)17-18-13/h5-6H,4,7-11H2,1-3H3,(H,21,22). The van der Waals surface area contributed by atoms with Crippen LogP contribution < -0.4 is 4.90 Å². The molecule has 1 aliphatic rings. The molecule has 0 aliphatic carbocycles. The van der Waals surface area contributed by atoms with Gasteiger partial charge in [-0.05, 0) is 18.6 Å². The average molecular weight is 320 g/mol. The lowest BCUT2D eigenvalue weighted by atomic mass is 9.86. The molecule has 1 aliphatic heterocycles. The third-order valence-electron chi connectivity index (χ3n) is 4.21. The predicted molar refractivity (Wildman–Crippen MR) is 86.5 cm³/mol. The summed E-state index contributed by atoms with van der Waals surface area (Å²) in [6.07, 6.45) is 1.87. The molecule has 0 atom stereocenters. The molecule has 7 nitrogen and oxygen atoms in total. The maximum atomic E-state index is 12.6. The number of rotatable bonds is 5. The van der Waals surface area contributed by atoms with Gasteiger partial charge in [0, 0.05) is 31.6 Å². The molecule has 1 fully saturated rings. The Morgan fingerprint density at radius 3 is 2.30 bits per heavy atom. The first kappa shape index (κ1) is 17.2. The topological polar surface area (TPSA) is 86.6 Å². The van der Waals surface area contributed by atoms with E-state index in [0.29, 0.717) is 32.0 Å². The molecular formula is C16H24N4O3. The second-order valence-electron chi connectivity index (χ2n) is 6.50. The van der Waals surface area contributed by atoms with Crippen molar-refractivity contribution in [2.24, 2.45) is 5.41 Å². The van der Waals surface area contributed by atoms with Crippen molar-refractivity contribution in [2.75, 3.05) is 31.1 Å². The first-order valence-electron chi connectivity index (χ1n) is 7.96. The van der Waals surface area contributed by atoms with Gasteiger partial charge in [-0.2, -0.15) is 0 Å². The van der Waals surface area contributed by atoms with Gasteiger partial charge in [0.1, 0.15) is 0 Å². The average Bonchev–Trinajstić information content (AvgIpc) is 2.54. The van der Waals surface area contributed by atoms with Crippen molar-refractivity contribution in [1.29, 1.82) is 0 Å². The molecule has 2 rings (SSSR count). The molecule has 0 aromatic carbocycles. The van der Waals surface area contributed by atoms with Gasteiger partial charge in [-0.15, -0.1) is 10.2 Å². The number of carboxylic acids is 1. The van der Waals surface area contributed by atoms with E-state index in [1.807, 2.05) is 23.6 Å². The van der Waals surface area contributed by atoms with E-state index >= 15 is 0 Å². The molecule has 1 N–H and O–H groups in total. The number of hydrogen-bond donors (Lipinski definition) is 1. The highest BCUT2D eigenvalue weighted by Crippen LogP contribution is 2.26. The van der Waals surface area contributed by atoms with Gasteiger partial charge in [0.2, 0.25) is 5.91 Å². The fraction of sp³-hybridized carbons (Fsp3) is 0.625. The highest BCUT2D eigenvalue weighted by Gasteiger charge is 2.33. The molecule has 0 spiro atoms. The molecule has 0 bridgehead atoms. The fourth-order valence-electron chi connectivity index (χ4n) is 2.91. The number of amides is 1. The number of aromatic carboxylic acids is 1. The summed E-state index contributed by atoms with van der Waals surface area (Å²) in [4.78, 5) is 27.3. The normalized spacial score (nSPS) is 15.6. The molecule has 1 saturated heterocycles. The summed E-state index contributed by atoms with van der Waals surface area (Å²) in [5.74, 6) is -0.237. The number of hydrogen-bond acceptors (Lipinski definition) is 5. The predicted octanol–water partition coefficient (Wildman–Crippen LogP) is 1.65. The summed E-state index contributed by atoms with van der Waals surface area (Å²) in [6, 6.07) is 3.11. The van der Waals surface area contributed by atoms with Crippen LogP contribution in [0.25, 0.3) is 0 Å². The van der Waals surface area contributed by atoms with E-state index in [1.165, 1.54) is 6.07 Å². The quantitative estimate of drug-likeness (QED) is 0.887. The third-order valence-corrected chi connectivity index (χ3v) is 4.21. The fourth-order valence-corrected chi connectivity index (χ4v) is 2.91. The summed E-state index contributed by atoms with van der Waals surface area (Å²) < 4.78 is 0. The van der Waals surface area contributed by atoms with Gasteiger partial charge in [-0.1, -0.05) is 27.2 Å². The number of carboxylic acid groups (broad SMARTS) is 1. The van der Waals surface area contributed by atoms with Gasteiger partial charge in [-0.25, -0.2) is 4.79 Å². The van der Waals surface area contributed by atoms with Crippen LogP contribution in [0.5, 0.6) is 0 Å². The number of carbonyl (C=O) groups is 2. The lowest BCUT2D eigenvalue weighted by Crippen LogP contribution is -2.52. The van der Waals surface area contributed by atoms with Crippen LogP contribution in [-0.4, -0.2) is 58.3 Å². The van der Waals surface area contributed by atoms with E-state index in [0.717, 1.165) is 12.8 Å². The van der Waals surface area contributed by atoms with Crippen LogP contribution in [0.3, 0.4) is 0 Å². The molecule has 1 aromatic rings. The van der Waals surface area contributed by atoms with E-state index < -0.39 is 5.97 Å². The molecule has 1 amide bonds. The number of nitrogens with zero attached hydrogens (tertiary/aromatic N) is 4. The number of anilines is 1. The van der Waals surface area contributed by atoms with Crippen LogP contribution in [0.15, 0.2) is 12.1 Å². The molecule has 7 heteroatoms. The Kier molecular flexibility index (Phi) is 5.18. The first-order valence-corrected chi connectivity index (χ1v) is 7.96. The lowest BCUT2D eigenvalue weighted by molar-refractivity contribution is -0.141. The van der Waals surface area contributed by atoms with Crippen molar-refractivity contribution in [3.05, 3.63) is 17.8 Å². The van der Waals surface area contributed by atoms with Crippen LogP contribution in [-0.2, 0) is 4.79 Å². The van der Waals surface area contributed by atoms with Crippen LogP contribution in [0.4, 0.5) is 5.82 Å². The second-order valence-corrected chi connectivity index (χ2v) is 6.50. The molecule has 23 heavy (non-hydrogen) atoms. The largest absolute Gasteiger partial charge is 0.476 e. The molecule has 126 valence electrons. The number of piperazine rings is 1. The zero-order chi connectivity index (χ0) is 17.0. The van der Waals surface area contributed by atoms with Gasteiger partial charge in [-0.3, -0.25) is 4.79 Å². The van der Waals surface area contributed by atoms with Gasteiger partial charge >= 0.3 is 5.97 Å². The van der Waals surface area contributed by atoms with Crippen molar-refractivity contribution in [3.8, 4) is 0 Å². The van der Waals surface area contributed by atoms with E-state index in [2.05, 4.69) is 17.1 Å².